The molecule has 0 amide bonds. The van der Waals surface area contributed by atoms with Crippen LogP contribution in [-0.2, 0) is 0 Å². The molecule has 0 aliphatic rings. The Morgan fingerprint density at radius 3 is 2.67 bits per heavy atom. The number of aromatic amines is 2. The van der Waals surface area contributed by atoms with Crippen LogP contribution < -0.4 is 10.3 Å². The van der Waals surface area contributed by atoms with Crippen molar-refractivity contribution in [1.29, 1.82) is 0 Å². The monoisotopic (exact) mass is 342 g/mol. The van der Waals surface area contributed by atoms with Gasteiger partial charge in [-0.15, -0.1) is 0 Å². The predicted molar refractivity (Wildman–Crippen MR) is 93.4 cm³/mol. The minimum atomic E-state index is -0.511. The summed E-state index contributed by atoms with van der Waals surface area (Å²) in [5.74, 6) is -0.385. The van der Waals surface area contributed by atoms with Gasteiger partial charge < -0.3 is 14.7 Å². The first kappa shape index (κ1) is 14.8. The molecular weight excluding hydrogens is 331 g/mol. The fraction of sp³-hybridized carbons (Fsp3) is 0.0556. The molecule has 6 heteroatoms. The summed E-state index contributed by atoms with van der Waals surface area (Å²) in [6, 6.07) is 11.5. The van der Waals surface area contributed by atoms with Crippen molar-refractivity contribution in [2.75, 3.05) is 7.11 Å². The van der Waals surface area contributed by atoms with Gasteiger partial charge in [-0.1, -0.05) is 23.7 Å². The molecule has 0 bridgehead atoms. The minimum Gasteiger partial charge on any atom is -0.494 e. The van der Waals surface area contributed by atoms with E-state index in [1.54, 1.807) is 24.3 Å². The molecule has 0 atom stereocenters. The molecule has 2 heterocycles. The van der Waals surface area contributed by atoms with Gasteiger partial charge >= 0.3 is 0 Å². The van der Waals surface area contributed by atoms with Crippen molar-refractivity contribution in [3.8, 4) is 16.9 Å². The van der Waals surface area contributed by atoms with E-state index in [-0.39, 0.29) is 11.3 Å². The molecule has 0 fully saturated rings. The third kappa shape index (κ3) is 2.17. The third-order valence-corrected chi connectivity index (χ3v) is 4.26. The number of nitrogens with one attached hydrogen (secondary N) is 2. The number of hydrogen-bond acceptors (Lipinski definition) is 2. The van der Waals surface area contributed by atoms with Crippen LogP contribution in [0.3, 0.4) is 0 Å². The number of rotatable bonds is 2. The quantitative estimate of drug-likeness (QED) is 0.564. The van der Waals surface area contributed by atoms with Gasteiger partial charge in [-0.05, 0) is 24.3 Å². The van der Waals surface area contributed by atoms with Gasteiger partial charge in [0, 0.05) is 33.1 Å². The van der Waals surface area contributed by atoms with E-state index in [1.165, 1.54) is 19.2 Å². The van der Waals surface area contributed by atoms with Crippen LogP contribution in [0.1, 0.15) is 0 Å². The summed E-state index contributed by atoms with van der Waals surface area (Å²) in [6.45, 7) is 0. The fourth-order valence-corrected chi connectivity index (χ4v) is 3.12. The van der Waals surface area contributed by atoms with Crippen LogP contribution in [0.2, 0.25) is 5.02 Å². The number of fused-ring (bicyclic) bond motifs is 3. The lowest BCUT2D eigenvalue weighted by Gasteiger charge is -2.08. The van der Waals surface area contributed by atoms with Gasteiger partial charge in [-0.3, -0.25) is 4.79 Å². The zero-order chi connectivity index (χ0) is 16.8. The summed E-state index contributed by atoms with van der Waals surface area (Å²) < 4.78 is 19.7. The van der Waals surface area contributed by atoms with Crippen molar-refractivity contribution < 1.29 is 9.13 Å². The zero-order valence-corrected chi connectivity index (χ0v) is 13.4. The average Bonchev–Trinajstić information content (AvgIpc) is 2.92. The smallest absolute Gasteiger partial charge is 0.249 e. The molecule has 0 aliphatic carbocycles. The van der Waals surface area contributed by atoms with Crippen LogP contribution in [0.15, 0.2) is 47.3 Å². The first-order valence-corrected chi connectivity index (χ1v) is 7.63. The second kappa shape index (κ2) is 5.39. The highest BCUT2D eigenvalue weighted by atomic mass is 35.5. The molecule has 0 unspecified atom stereocenters. The van der Waals surface area contributed by atoms with E-state index < -0.39 is 5.82 Å². The van der Waals surface area contributed by atoms with Crippen LogP contribution in [-0.4, -0.2) is 17.1 Å². The lowest BCUT2D eigenvalue weighted by Crippen LogP contribution is -2.05. The minimum absolute atomic E-state index is 0.125. The zero-order valence-electron chi connectivity index (χ0n) is 12.6. The maximum Gasteiger partial charge on any atom is 0.249 e. The SMILES string of the molecule is COc1cccc(-c2cc(=O)[nH]c3c2[nH]c2ccc(Cl)cc23)c1F. The molecule has 4 nitrogen and oxygen atoms in total. The van der Waals surface area contributed by atoms with E-state index in [1.807, 2.05) is 6.07 Å². The van der Waals surface area contributed by atoms with E-state index in [0.717, 1.165) is 10.9 Å². The van der Waals surface area contributed by atoms with E-state index in [2.05, 4.69) is 9.97 Å². The number of H-pyrrole nitrogens is 2. The number of pyridine rings is 1. The standard InChI is InChI=1S/C18H12ClFN2O2/c1-24-14-4-2-3-10(16(14)20)11-8-15(23)22-18-12-7-9(19)5-6-13(12)21-17(11)18/h2-8,21H,1H3,(H,22,23). The molecule has 2 N–H and O–H groups in total. The van der Waals surface area contributed by atoms with Crippen LogP contribution >= 0.6 is 11.6 Å². The average molecular weight is 343 g/mol. The highest BCUT2D eigenvalue weighted by Crippen LogP contribution is 2.35. The molecule has 4 aromatic rings. The summed E-state index contributed by atoms with van der Waals surface area (Å²) in [6.07, 6.45) is 0. The number of benzene rings is 2. The van der Waals surface area contributed by atoms with E-state index in [9.17, 15) is 9.18 Å². The Hall–Kier alpha value is -2.79. The van der Waals surface area contributed by atoms with Gasteiger partial charge in [0.05, 0.1) is 18.1 Å². The molecule has 0 spiro atoms. The third-order valence-electron chi connectivity index (χ3n) is 4.03. The van der Waals surface area contributed by atoms with Gasteiger partial charge in [-0.2, -0.15) is 0 Å². The van der Waals surface area contributed by atoms with Crippen LogP contribution in [0.4, 0.5) is 4.39 Å². The summed E-state index contributed by atoms with van der Waals surface area (Å²) >= 11 is 6.05. The molecule has 2 aromatic heterocycles. The normalized spacial score (nSPS) is 11.3. The van der Waals surface area contributed by atoms with Crippen molar-refractivity contribution in [3.05, 3.63) is 63.7 Å². The molecule has 24 heavy (non-hydrogen) atoms. The van der Waals surface area contributed by atoms with Gasteiger partial charge in [0.25, 0.3) is 0 Å². The Labute approximate surface area is 140 Å². The maximum absolute atomic E-state index is 14.7. The predicted octanol–water partition coefficient (Wildman–Crippen LogP) is 4.48. The van der Waals surface area contributed by atoms with E-state index in [0.29, 0.717) is 27.2 Å². The lowest BCUT2D eigenvalue weighted by atomic mass is 10.0. The summed E-state index contributed by atoms with van der Waals surface area (Å²) in [4.78, 5) is 18.1. The number of hydrogen-bond donors (Lipinski definition) is 2. The number of halogens is 2. The first-order chi connectivity index (χ1) is 11.6. The molecular formula is C18H12ClFN2O2. The summed E-state index contributed by atoms with van der Waals surface area (Å²) in [5.41, 5.74) is 2.48. The van der Waals surface area contributed by atoms with Crippen molar-refractivity contribution in [2.24, 2.45) is 0 Å². The summed E-state index contributed by atoms with van der Waals surface area (Å²) in [7, 11) is 1.40. The van der Waals surface area contributed by atoms with Gasteiger partial charge in [-0.25, -0.2) is 4.39 Å². The number of methoxy groups -OCH3 is 1. The van der Waals surface area contributed by atoms with E-state index >= 15 is 0 Å². The maximum atomic E-state index is 14.7. The van der Waals surface area contributed by atoms with Crippen LogP contribution in [0, 0.1) is 5.82 Å². The molecule has 2 aromatic carbocycles. The largest absolute Gasteiger partial charge is 0.494 e. The summed E-state index contributed by atoms with van der Waals surface area (Å²) in [5, 5.41) is 1.34. The van der Waals surface area contributed by atoms with Gasteiger partial charge in [0.1, 0.15) is 0 Å². The fourth-order valence-electron chi connectivity index (χ4n) is 2.95. The Morgan fingerprint density at radius 2 is 1.88 bits per heavy atom. The Morgan fingerprint density at radius 1 is 1.04 bits per heavy atom. The molecule has 4 rings (SSSR count). The topological polar surface area (TPSA) is 57.9 Å². The van der Waals surface area contributed by atoms with Crippen LogP contribution in [0.25, 0.3) is 33.1 Å². The number of aromatic nitrogens is 2. The highest BCUT2D eigenvalue weighted by molar-refractivity contribution is 6.31. The number of ether oxygens (including phenoxy) is 1. The molecule has 0 radical (unpaired) electrons. The van der Waals surface area contributed by atoms with Crippen molar-refractivity contribution >= 4 is 33.5 Å². The Balaban J connectivity index is 2.13. The van der Waals surface area contributed by atoms with E-state index in [4.69, 9.17) is 16.3 Å². The molecule has 0 saturated carbocycles. The van der Waals surface area contributed by atoms with Gasteiger partial charge in [0.2, 0.25) is 5.56 Å². The first-order valence-electron chi connectivity index (χ1n) is 7.25. The lowest BCUT2D eigenvalue weighted by molar-refractivity contribution is 0.387. The highest BCUT2D eigenvalue weighted by Gasteiger charge is 2.16. The second-order valence-electron chi connectivity index (χ2n) is 5.43. The van der Waals surface area contributed by atoms with Crippen molar-refractivity contribution in [2.45, 2.75) is 0 Å². The van der Waals surface area contributed by atoms with Crippen molar-refractivity contribution in [3.63, 3.8) is 0 Å². The Bertz CT molecular complexity index is 1150. The molecule has 0 aliphatic heterocycles. The van der Waals surface area contributed by atoms with Gasteiger partial charge in [0.15, 0.2) is 11.6 Å². The molecule has 120 valence electrons. The molecule has 0 saturated heterocycles. The second-order valence-corrected chi connectivity index (χ2v) is 5.87. The van der Waals surface area contributed by atoms with Crippen molar-refractivity contribution in [1.82, 2.24) is 9.97 Å². The van der Waals surface area contributed by atoms with Crippen LogP contribution in [0.5, 0.6) is 5.75 Å². The Kier molecular flexibility index (Phi) is 3.32.